The fourth-order valence-electron chi connectivity index (χ4n) is 1.10. The quantitative estimate of drug-likeness (QED) is 0.418. The summed E-state index contributed by atoms with van der Waals surface area (Å²) in [6.07, 6.45) is 2.50. The summed E-state index contributed by atoms with van der Waals surface area (Å²) in [5.74, 6) is -0.922. The lowest BCUT2D eigenvalue weighted by Gasteiger charge is -2.05. The van der Waals surface area contributed by atoms with E-state index in [1.165, 1.54) is 0 Å². The van der Waals surface area contributed by atoms with Crippen LogP contribution in [0, 0.1) is 0 Å². The monoisotopic (exact) mass is 228 g/mol. The predicted octanol–water partition coefficient (Wildman–Crippen LogP) is 0.523. The molecule has 16 heavy (non-hydrogen) atoms. The Bertz CT molecular complexity index is 262. The number of aliphatic carboxylic acids is 1. The van der Waals surface area contributed by atoms with Crippen LogP contribution >= 0.6 is 0 Å². The van der Waals surface area contributed by atoms with Gasteiger partial charge >= 0.3 is 5.97 Å². The number of nitrogens with one attached hydrogen (secondary N) is 2. The van der Waals surface area contributed by atoms with E-state index in [2.05, 4.69) is 10.6 Å². The Balaban J connectivity index is 3.53. The van der Waals surface area contributed by atoms with E-state index in [-0.39, 0.29) is 5.91 Å². The summed E-state index contributed by atoms with van der Waals surface area (Å²) >= 11 is 0. The maximum Gasteiger partial charge on any atom is 0.328 e. The van der Waals surface area contributed by atoms with E-state index in [4.69, 9.17) is 5.11 Å². The molecule has 0 aromatic heterocycles. The predicted molar refractivity (Wildman–Crippen MR) is 62.2 cm³/mol. The Morgan fingerprint density at radius 1 is 1.31 bits per heavy atom. The SMILES string of the molecule is CCCNC(=O)CCNCC(C)=CC(=O)O. The van der Waals surface area contributed by atoms with Gasteiger partial charge in [0.05, 0.1) is 0 Å². The average molecular weight is 228 g/mol. The molecule has 1 amide bonds. The second kappa shape index (κ2) is 8.91. The molecule has 5 nitrogen and oxygen atoms in total. The fraction of sp³-hybridized carbons (Fsp3) is 0.636. The molecule has 0 atom stereocenters. The molecule has 0 saturated carbocycles. The molecule has 0 spiro atoms. The lowest BCUT2D eigenvalue weighted by molar-refractivity contribution is -0.131. The van der Waals surface area contributed by atoms with Crippen LogP contribution in [0.2, 0.25) is 0 Å². The van der Waals surface area contributed by atoms with Crippen molar-refractivity contribution in [1.29, 1.82) is 0 Å². The van der Waals surface area contributed by atoms with Gasteiger partial charge in [-0.3, -0.25) is 4.79 Å². The van der Waals surface area contributed by atoms with E-state index >= 15 is 0 Å². The Morgan fingerprint density at radius 2 is 2.00 bits per heavy atom. The van der Waals surface area contributed by atoms with E-state index in [0.29, 0.717) is 26.1 Å². The molecule has 0 aliphatic rings. The maximum atomic E-state index is 11.2. The third-order valence-electron chi connectivity index (χ3n) is 1.87. The van der Waals surface area contributed by atoms with Gasteiger partial charge in [0.1, 0.15) is 0 Å². The lowest BCUT2D eigenvalue weighted by atomic mass is 10.2. The van der Waals surface area contributed by atoms with Crippen molar-refractivity contribution in [1.82, 2.24) is 10.6 Å². The second-order valence-electron chi connectivity index (χ2n) is 3.61. The third kappa shape index (κ3) is 9.21. The highest BCUT2D eigenvalue weighted by Crippen LogP contribution is 1.89. The number of carboxylic acid groups (broad SMARTS) is 1. The molecule has 0 unspecified atom stereocenters. The van der Waals surface area contributed by atoms with Gasteiger partial charge in [0.2, 0.25) is 5.91 Å². The fourth-order valence-corrected chi connectivity index (χ4v) is 1.10. The zero-order valence-corrected chi connectivity index (χ0v) is 9.88. The maximum absolute atomic E-state index is 11.2. The summed E-state index contributed by atoms with van der Waals surface area (Å²) in [6.45, 7) is 5.49. The van der Waals surface area contributed by atoms with Crippen molar-refractivity contribution in [3.05, 3.63) is 11.6 Å². The number of carbonyl (C=O) groups is 2. The average Bonchev–Trinajstić information content (AvgIpc) is 2.20. The molecule has 0 heterocycles. The molecule has 0 aliphatic heterocycles. The van der Waals surface area contributed by atoms with Crippen molar-refractivity contribution in [2.75, 3.05) is 19.6 Å². The van der Waals surface area contributed by atoms with Crippen LogP contribution in [-0.4, -0.2) is 36.6 Å². The minimum Gasteiger partial charge on any atom is -0.478 e. The smallest absolute Gasteiger partial charge is 0.328 e. The molecule has 0 aliphatic carbocycles. The number of amides is 1. The minimum atomic E-state index is -0.944. The van der Waals surface area contributed by atoms with Gasteiger partial charge in [-0.15, -0.1) is 0 Å². The minimum absolute atomic E-state index is 0.0224. The second-order valence-corrected chi connectivity index (χ2v) is 3.61. The third-order valence-corrected chi connectivity index (χ3v) is 1.87. The largest absolute Gasteiger partial charge is 0.478 e. The summed E-state index contributed by atoms with van der Waals surface area (Å²) in [5, 5.41) is 14.2. The molecule has 0 radical (unpaired) electrons. The van der Waals surface area contributed by atoms with Gasteiger partial charge in [-0.1, -0.05) is 12.5 Å². The molecular weight excluding hydrogens is 208 g/mol. The molecule has 0 aromatic carbocycles. The number of hydrogen-bond donors (Lipinski definition) is 3. The highest BCUT2D eigenvalue weighted by molar-refractivity contribution is 5.80. The van der Waals surface area contributed by atoms with Gasteiger partial charge in [0.25, 0.3) is 0 Å². The van der Waals surface area contributed by atoms with Gasteiger partial charge in [-0.25, -0.2) is 4.79 Å². The van der Waals surface area contributed by atoms with Crippen LogP contribution in [0.15, 0.2) is 11.6 Å². The Hall–Kier alpha value is -1.36. The Morgan fingerprint density at radius 3 is 2.56 bits per heavy atom. The molecule has 0 bridgehead atoms. The summed E-state index contributed by atoms with van der Waals surface area (Å²) in [5.41, 5.74) is 0.737. The molecule has 0 rings (SSSR count). The molecule has 0 aromatic rings. The van der Waals surface area contributed by atoms with Crippen molar-refractivity contribution in [2.45, 2.75) is 26.7 Å². The first-order chi connectivity index (χ1) is 7.56. The van der Waals surface area contributed by atoms with E-state index in [1.54, 1.807) is 6.92 Å². The van der Waals surface area contributed by atoms with Crippen LogP contribution < -0.4 is 10.6 Å². The highest BCUT2D eigenvalue weighted by atomic mass is 16.4. The summed E-state index contributed by atoms with van der Waals surface area (Å²) < 4.78 is 0. The summed E-state index contributed by atoms with van der Waals surface area (Å²) in [7, 11) is 0. The van der Waals surface area contributed by atoms with Gasteiger partial charge in [0, 0.05) is 32.1 Å². The van der Waals surface area contributed by atoms with Gasteiger partial charge < -0.3 is 15.7 Å². The topological polar surface area (TPSA) is 78.4 Å². The number of carboxylic acids is 1. The molecule has 92 valence electrons. The molecule has 5 heteroatoms. The van der Waals surface area contributed by atoms with Crippen LogP contribution in [0.25, 0.3) is 0 Å². The van der Waals surface area contributed by atoms with Gasteiger partial charge in [-0.05, 0) is 13.3 Å². The van der Waals surface area contributed by atoms with E-state index in [0.717, 1.165) is 18.1 Å². The van der Waals surface area contributed by atoms with Gasteiger partial charge in [0.15, 0.2) is 0 Å². The van der Waals surface area contributed by atoms with Crippen LogP contribution in [0.1, 0.15) is 26.7 Å². The molecule has 3 N–H and O–H groups in total. The standard InChI is InChI=1S/C11H20N2O3/c1-3-5-13-10(14)4-6-12-8-9(2)7-11(15)16/h7,12H,3-6,8H2,1-2H3,(H,13,14)(H,15,16). The Labute approximate surface area is 95.9 Å². The zero-order valence-electron chi connectivity index (χ0n) is 9.88. The molecule has 0 fully saturated rings. The van der Waals surface area contributed by atoms with Crippen molar-refractivity contribution in [3.8, 4) is 0 Å². The lowest BCUT2D eigenvalue weighted by Crippen LogP contribution is -2.28. The van der Waals surface area contributed by atoms with Crippen molar-refractivity contribution in [3.63, 3.8) is 0 Å². The highest BCUT2D eigenvalue weighted by Gasteiger charge is 1.99. The Kier molecular flexibility index (Phi) is 8.15. The van der Waals surface area contributed by atoms with Crippen LogP contribution in [0.5, 0.6) is 0 Å². The first-order valence-corrected chi connectivity index (χ1v) is 5.43. The van der Waals surface area contributed by atoms with E-state index in [9.17, 15) is 9.59 Å². The number of carbonyl (C=O) groups excluding carboxylic acids is 1. The van der Waals surface area contributed by atoms with Crippen LogP contribution in [0.3, 0.4) is 0 Å². The normalized spacial score (nSPS) is 11.2. The first-order valence-electron chi connectivity index (χ1n) is 5.43. The number of rotatable bonds is 8. The van der Waals surface area contributed by atoms with Crippen molar-refractivity contribution in [2.24, 2.45) is 0 Å². The van der Waals surface area contributed by atoms with E-state index in [1.807, 2.05) is 6.92 Å². The van der Waals surface area contributed by atoms with E-state index < -0.39 is 5.97 Å². The zero-order chi connectivity index (χ0) is 12.4. The van der Waals surface area contributed by atoms with Crippen LogP contribution in [-0.2, 0) is 9.59 Å². The van der Waals surface area contributed by atoms with Crippen molar-refractivity contribution < 1.29 is 14.7 Å². The molecule has 0 saturated heterocycles. The first kappa shape index (κ1) is 14.6. The van der Waals surface area contributed by atoms with Crippen LogP contribution in [0.4, 0.5) is 0 Å². The van der Waals surface area contributed by atoms with Gasteiger partial charge in [-0.2, -0.15) is 0 Å². The molecular formula is C11H20N2O3. The van der Waals surface area contributed by atoms with Crippen molar-refractivity contribution >= 4 is 11.9 Å². The summed E-state index contributed by atoms with van der Waals surface area (Å²) in [6, 6.07) is 0. The number of hydrogen-bond acceptors (Lipinski definition) is 3. The summed E-state index contributed by atoms with van der Waals surface area (Å²) in [4.78, 5) is 21.5.